The Morgan fingerprint density at radius 2 is 2.14 bits per heavy atom. The fourth-order valence-electron chi connectivity index (χ4n) is 2.12. The summed E-state index contributed by atoms with van der Waals surface area (Å²) in [5.41, 5.74) is 3.37. The average molecular weight is 295 g/mol. The normalized spacial score (nSPS) is 12.1. The summed E-state index contributed by atoms with van der Waals surface area (Å²) in [4.78, 5) is 10.5. The lowest BCUT2D eigenvalue weighted by atomic mass is 10.1. The van der Waals surface area contributed by atoms with E-state index in [0.717, 1.165) is 18.4 Å². The van der Waals surface area contributed by atoms with Crippen molar-refractivity contribution in [2.45, 2.75) is 58.7 Å². The summed E-state index contributed by atoms with van der Waals surface area (Å²) in [6, 6.07) is 4.88. The van der Waals surface area contributed by atoms with Gasteiger partial charge in [0, 0.05) is 6.07 Å². The smallest absolute Gasteiger partial charge is 0.294 e. The predicted molar refractivity (Wildman–Crippen MR) is 83.9 cm³/mol. The molecule has 0 aromatic heterocycles. The number of nitrogens with two attached hydrogens (primary N) is 1. The molecule has 0 saturated carbocycles. The molecule has 118 valence electrons. The molecule has 1 rings (SSSR count). The van der Waals surface area contributed by atoms with Gasteiger partial charge in [0.25, 0.3) is 5.69 Å². The number of unbranched alkanes of at least 4 members (excludes halogenated alkanes) is 3. The van der Waals surface area contributed by atoms with Crippen LogP contribution < -0.4 is 11.3 Å². The molecule has 1 aromatic rings. The third kappa shape index (κ3) is 6.10. The fraction of sp³-hybridized carbons (Fsp3) is 0.600. The summed E-state index contributed by atoms with van der Waals surface area (Å²) in [5, 5.41) is 10.9. The van der Waals surface area contributed by atoms with E-state index in [9.17, 15) is 10.1 Å². The zero-order valence-electron chi connectivity index (χ0n) is 12.8. The Hall–Kier alpha value is -1.66. The van der Waals surface area contributed by atoms with Crippen molar-refractivity contribution in [2.75, 3.05) is 5.43 Å². The molecule has 3 N–H and O–H groups in total. The van der Waals surface area contributed by atoms with Crippen LogP contribution in [0.1, 0.15) is 51.5 Å². The third-order valence-corrected chi connectivity index (χ3v) is 3.41. The summed E-state index contributed by atoms with van der Waals surface area (Å²) in [5.74, 6) is 5.25. The van der Waals surface area contributed by atoms with E-state index >= 15 is 0 Å². The molecule has 6 nitrogen and oxygen atoms in total. The minimum atomic E-state index is -0.452. The fourth-order valence-corrected chi connectivity index (χ4v) is 2.12. The monoisotopic (exact) mass is 295 g/mol. The van der Waals surface area contributed by atoms with Crippen LogP contribution in [-0.2, 0) is 11.3 Å². The van der Waals surface area contributed by atoms with Crippen molar-refractivity contribution in [3.63, 3.8) is 0 Å². The molecule has 1 atom stereocenters. The third-order valence-electron chi connectivity index (χ3n) is 3.41. The highest BCUT2D eigenvalue weighted by atomic mass is 16.6. The maximum atomic E-state index is 10.9. The van der Waals surface area contributed by atoms with Crippen molar-refractivity contribution >= 4 is 11.4 Å². The van der Waals surface area contributed by atoms with Crippen molar-refractivity contribution < 1.29 is 9.66 Å². The van der Waals surface area contributed by atoms with Crippen LogP contribution in [0, 0.1) is 10.1 Å². The van der Waals surface area contributed by atoms with Gasteiger partial charge in [-0.1, -0.05) is 38.7 Å². The SMILES string of the molecule is CCCCCCC(C)OCc1ccc(NN)c([N+](=O)[O-])c1. The van der Waals surface area contributed by atoms with E-state index in [1.165, 1.54) is 25.3 Å². The second kappa shape index (κ2) is 9.31. The molecule has 0 fully saturated rings. The number of hydrogen-bond donors (Lipinski definition) is 2. The van der Waals surface area contributed by atoms with Crippen molar-refractivity contribution in [1.82, 2.24) is 0 Å². The van der Waals surface area contributed by atoms with E-state index in [2.05, 4.69) is 12.3 Å². The largest absolute Gasteiger partial charge is 0.374 e. The minimum absolute atomic E-state index is 0.0331. The highest BCUT2D eigenvalue weighted by Gasteiger charge is 2.14. The molecule has 0 spiro atoms. The van der Waals surface area contributed by atoms with Crippen LogP contribution >= 0.6 is 0 Å². The van der Waals surface area contributed by atoms with Gasteiger partial charge in [-0.2, -0.15) is 0 Å². The van der Waals surface area contributed by atoms with Crippen LogP contribution in [0.3, 0.4) is 0 Å². The number of ether oxygens (including phenoxy) is 1. The van der Waals surface area contributed by atoms with Gasteiger partial charge < -0.3 is 10.2 Å². The second-order valence-electron chi connectivity index (χ2n) is 5.22. The molecule has 0 amide bonds. The molecule has 6 heteroatoms. The Morgan fingerprint density at radius 3 is 2.76 bits per heavy atom. The summed E-state index contributed by atoms with van der Waals surface area (Å²) >= 11 is 0. The lowest BCUT2D eigenvalue weighted by Crippen LogP contribution is -2.10. The first-order valence-corrected chi connectivity index (χ1v) is 7.44. The minimum Gasteiger partial charge on any atom is -0.374 e. The van der Waals surface area contributed by atoms with Gasteiger partial charge in [0.2, 0.25) is 0 Å². The number of hydrazine groups is 1. The molecule has 0 saturated heterocycles. The van der Waals surface area contributed by atoms with E-state index in [-0.39, 0.29) is 11.8 Å². The molecular formula is C15H25N3O3. The Labute approximate surface area is 125 Å². The van der Waals surface area contributed by atoms with Gasteiger partial charge in [0.05, 0.1) is 17.6 Å². The Bertz CT molecular complexity index is 452. The van der Waals surface area contributed by atoms with Crippen LogP contribution in [0.15, 0.2) is 18.2 Å². The molecule has 0 aliphatic rings. The molecule has 1 aromatic carbocycles. The van der Waals surface area contributed by atoms with E-state index < -0.39 is 4.92 Å². The molecular weight excluding hydrogens is 270 g/mol. The number of hydrogen-bond acceptors (Lipinski definition) is 5. The Balaban J connectivity index is 2.48. The summed E-state index contributed by atoms with van der Waals surface area (Å²) in [7, 11) is 0. The van der Waals surface area contributed by atoms with Crippen LogP contribution in [0.4, 0.5) is 11.4 Å². The molecule has 0 aliphatic heterocycles. The lowest BCUT2D eigenvalue weighted by Gasteiger charge is -2.13. The average Bonchev–Trinajstić information content (AvgIpc) is 2.49. The molecule has 0 bridgehead atoms. The van der Waals surface area contributed by atoms with Crippen LogP contribution in [0.5, 0.6) is 0 Å². The number of nitro benzene ring substituents is 1. The number of rotatable bonds is 10. The highest BCUT2D eigenvalue weighted by molar-refractivity contribution is 5.61. The van der Waals surface area contributed by atoms with Crippen LogP contribution in [0.25, 0.3) is 0 Å². The molecule has 21 heavy (non-hydrogen) atoms. The predicted octanol–water partition coefficient (Wildman–Crippen LogP) is 3.76. The first-order chi connectivity index (χ1) is 10.1. The Morgan fingerprint density at radius 1 is 1.38 bits per heavy atom. The van der Waals surface area contributed by atoms with E-state index in [1.54, 1.807) is 12.1 Å². The molecule has 1 unspecified atom stereocenters. The van der Waals surface area contributed by atoms with Gasteiger partial charge >= 0.3 is 0 Å². The number of nitrogens with one attached hydrogen (secondary N) is 1. The second-order valence-corrected chi connectivity index (χ2v) is 5.22. The number of benzene rings is 1. The first kappa shape index (κ1) is 17.4. The van der Waals surface area contributed by atoms with Gasteiger partial charge in [-0.25, -0.2) is 0 Å². The van der Waals surface area contributed by atoms with Gasteiger partial charge in [0.1, 0.15) is 5.69 Å². The van der Waals surface area contributed by atoms with E-state index in [1.807, 2.05) is 6.92 Å². The highest BCUT2D eigenvalue weighted by Crippen LogP contribution is 2.25. The van der Waals surface area contributed by atoms with Gasteiger partial charge in [-0.05, 0) is 25.0 Å². The van der Waals surface area contributed by atoms with Gasteiger partial charge in [-0.3, -0.25) is 16.0 Å². The summed E-state index contributed by atoms with van der Waals surface area (Å²) in [6.45, 7) is 4.60. The first-order valence-electron chi connectivity index (χ1n) is 7.44. The summed E-state index contributed by atoms with van der Waals surface area (Å²) < 4.78 is 5.74. The maximum Gasteiger partial charge on any atom is 0.294 e. The molecule has 0 heterocycles. The zero-order chi connectivity index (χ0) is 15.7. The zero-order valence-corrected chi connectivity index (χ0v) is 12.8. The standard InChI is InChI=1S/C15H25N3O3/c1-3-4-5-6-7-12(2)21-11-13-8-9-14(17-16)15(10-13)18(19)20/h8-10,12,17H,3-7,11,16H2,1-2H3. The van der Waals surface area contributed by atoms with E-state index in [0.29, 0.717) is 12.3 Å². The van der Waals surface area contributed by atoms with Crippen molar-refractivity contribution in [2.24, 2.45) is 5.84 Å². The number of anilines is 1. The topological polar surface area (TPSA) is 90.4 Å². The maximum absolute atomic E-state index is 10.9. The molecule has 0 aliphatic carbocycles. The Kier molecular flexibility index (Phi) is 7.71. The van der Waals surface area contributed by atoms with Crippen molar-refractivity contribution in [3.8, 4) is 0 Å². The van der Waals surface area contributed by atoms with Crippen molar-refractivity contribution in [3.05, 3.63) is 33.9 Å². The van der Waals surface area contributed by atoms with Crippen LogP contribution in [-0.4, -0.2) is 11.0 Å². The number of nitrogens with zero attached hydrogens (tertiary/aromatic N) is 1. The molecule has 0 radical (unpaired) electrons. The quantitative estimate of drug-likeness (QED) is 0.297. The van der Waals surface area contributed by atoms with Crippen molar-refractivity contribution in [1.29, 1.82) is 0 Å². The van der Waals surface area contributed by atoms with Gasteiger partial charge in [0.15, 0.2) is 0 Å². The van der Waals surface area contributed by atoms with E-state index in [4.69, 9.17) is 10.6 Å². The number of nitro groups is 1. The van der Waals surface area contributed by atoms with Gasteiger partial charge in [-0.15, -0.1) is 0 Å². The number of nitrogen functional groups attached to an aromatic ring is 1. The summed E-state index contributed by atoms with van der Waals surface area (Å²) in [6.07, 6.45) is 6.04. The lowest BCUT2D eigenvalue weighted by molar-refractivity contribution is -0.384. The van der Waals surface area contributed by atoms with Crippen LogP contribution in [0.2, 0.25) is 0 Å².